The van der Waals surface area contributed by atoms with Crippen molar-refractivity contribution < 1.29 is 14.3 Å². The van der Waals surface area contributed by atoms with E-state index in [1.54, 1.807) is 14.0 Å². The van der Waals surface area contributed by atoms with Gasteiger partial charge in [0.25, 0.3) is 0 Å². The van der Waals surface area contributed by atoms with Crippen molar-refractivity contribution in [2.45, 2.75) is 110 Å². The maximum absolute atomic E-state index is 9.41. The summed E-state index contributed by atoms with van der Waals surface area (Å²) in [5.41, 5.74) is 0.574. The molecular weight excluding hydrogens is 398 g/mol. The lowest BCUT2D eigenvalue weighted by atomic mass is 9.70. The van der Waals surface area contributed by atoms with Crippen LogP contribution in [0.15, 0.2) is 12.2 Å². The molecule has 0 aliphatic heterocycles. The summed E-state index contributed by atoms with van der Waals surface area (Å²) >= 11 is 0. The highest BCUT2D eigenvalue weighted by Crippen LogP contribution is 2.41. The van der Waals surface area contributed by atoms with Gasteiger partial charge in [-0.3, -0.25) is 4.79 Å². The number of methoxy groups -OCH3 is 1. The molecule has 32 heavy (non-hydrogen) atoms. The molecule has 2 aliphatic carbocycles. The summed E-state index contributed by atoms with van der Waals surface area (Å²) in [6, 6.07) is 0. The first-order valence-electron chi connectivity index (χ1n) is 13.3. The number of nitrogens with one attached hydrogen (secondary N) is 1. The third-order valence-electron chi connectivity index (χ3n) is 6.79. The average Bonchev–Trinajstić information content (AvgIpc) is 2.81. The second kappa shape index (κ2) is 22.1. The van der Waals surface area contributed by atoms with Crippen LogP contribution < -0.4 is 5.32 Å². The molecule has 4 nitrogen and oxygen atoms in total. The Hall–Kier alpha value is -0.710. The second-order valence-electron chi connectivity index (χ2n) is 9.85. The molecule has 0 aromatic carbocycles. The van der Waals surface area contributed by atoms with Gasteiger partial charge in [0.05, 0.1) is 6.10 Å². The minimum atomic E-state index is 0.550. The molecule has 4 heteroatoms. The Morgan fingerprint density at radius 3 is 1.88 bits per heavy atom. The fraction of sp³-hybridized carbons (Fsp3) is 0.893. The predicted octanol–water partition coefficient (Wildman–Crippen LogP) is 6.97. The molecule has 0 amide bonds. The summed E-state index contributed by atoms with van der Waals surface area (Å²) < 4.78 is 11.2. The van der Waals surface area contributed by atoms with Gasteiger partial charge in [-0.15, -0.1) is 0 Å². The number of ether oxygens (including phenoxy) is 2. The molecule has 0 aromatic heterocycles. The van der Waals surface area contributed by atoms with Crippen LogP contribution in [0.2, 0.25) is 0 Å². The summed E-state index contributed by atoms with van der Waals surface area (Å²) in [6.45, 7) is 9.09. The number of hydrogen-bond donors (Lipinski definition) is 1. The lowest BCUT2D eigenvalue weighted by Gasteiger charge is -2.38. The van der Waals surface area contributed by atoms with E-state index in [9.17, 15) is 4.79 Å². The van der Waals surface area contributed by atoms with E-state index in [4.69, 9.17) is 9.47 Å². The standard InChI is InChI=1S/C22H42O2.C4H6O.C2H7N/c1-3-4-5-8-19-9-11-20(12-10-19)21-13-15-22(16-14-21)24-18-7-6-17-23-2;1-4(2)3-5;1-3-2/h19-22H,3-18H2,1-2H3;3H,1H2,2H3;3H,1-2H3. The van der Waals surface area contributed by atoms with Gasteiger partial charge in [0.1, 0.15) is 6.29 Å². The van der Waals surface area contributed by atoms with Crippen molar-refractivity contribution in [1.29, 1.82) is 0 Å². The summed E-state index contributed by atoms with van der Waals surface area (Å²) in [5, 5.41) is 2.75. The Morgan fingerprint density at radius 1 is 0.906 bits per heavy atom. The molecule has 0 saturated heterocycles. The molecular formula is C28H55NO3. The van der Waals surface area contributed by atoms with Crippen molar-refractivity contribution in [1.82, 2.24) is 5.32 Å². The fourth-order valence-electron chi connectivity index (χ4n) is 4.96. The second-order valence-corrected chi connectivity index (χ2v) is 9.85. The van der Waals surface area contributed by atoms with Gasteiger partial charge in [-0.1, -0.05) is 52.0 Å². The van der Waals surface area contributed by atoms with Gasteiger partial charge < -0.3 is 14.8 Å². The van der Waals surface area contributed by atoms with Crippen LogP contribution in [0.1, 0.15) is 104 Å². The highest BCUT2D eigenvalue weighted by atomic mass is 16.5. The zero-order chi connectivity index (χ0) is 24.0. The number of unbranched alkanes of at least 4 members (excludes halogenated alkanes) is 3. The van der Waals surface area contributed by atoms with Crippen LogP contribution in [-0.2, 0) is 14.3 Å². The lowest BCUT2D eigenvalue weighted by molar-refractivity contribution is -0.104. The summed E-state index contributed by atoms with van der Waals surface area (Å²) in [5.74, 6) is 3.10. The molecule has 0 unspecified atom stereocenters. The van der Waals surface area contributed by atoms with Crippen LogP contribution in [0.5, 0.6) is 0 Å². The first-order valence-corrected chi connectivity index (χ1v) is 13.3. The van der Waals surface area contributed by atoms with Gasteiger partial charge in [0.15, 0.2) is 0 Å². The Bertz CT molecular complexity index is 424. The van der Waals surface area contributed by atoms with E-state index < -0.39 is 0 Å². The molecule has 2 rings (SSSR count). The molecule has 0 heterocycles. The van der Waals surface area contributed by atoms with Crippen LogP contribution >= 0.6 is 0 Å². The van der Waals surface area contributed by atoms with Gasteiger partial charge in [0.2, 0.25) is 0 Å². The van der Waals surface area contributed by atoms with Crippen LogP contribution in [0.3, 0.4) is 0 Å². The van der Waals surface area contributed by atoms with E-state index in [1.807, 2.05) is 14.1 Å². The van der Waals surface area contributed by atoms with E-state index in [1.165, 1.54) is 77.0 Å². The summed E-state index contributed by atoms with van der Waals surface area (Å²) in [6.07, 6.45) is 20.9. The molecule has 0 bridgehead atoms. The van der Waals surface area contributed by atoms with Gasteiger partial charge >= 0.3 is 0 Å². The van der Waals surface area contributed by atoms with Crippen molar-refractivity contribution in [3.05, 3.63) is 12.2 Å². The van der Waals surface area contributed by atoms with Crippen molar-refractivity contribution >= 4 is 6.29 Å². The maximum atomic E-state index is 9.41. The number of allylic oxidation sites excluding steroid dienone is 1. The number of carbonyl (C=O) groups is 1. The van der Waals surface area contributed by atoms with Crippen molar-refractivity contribution in [2.24, 2.45) is 17.8 Å². The number of carbonyl (C=O) groups excluding carboxylic acids is 1. The average molecular weight is 454 g/mol. The smallest absolute Gasteiger partial charge is 0.145 e. The van der Waals surface area contributed by atoms with Gasteiger partial charge in [0, 0.05) is 20.3 Å². The predicted molar refractivity (Wildman–Crippen MR) is 138 cm³/mol. The van der Waals surface area contributed by atoms with E-state index in [0.717, 1.165) is 50.1 Å². The molecule has 1 N–H and O–H groups in total. The normalized spacial score (nSPS) is 25.0. The Morgan fingerprint density at radius 2 is 1.41 bits per heavy atom. The van der Waals surface area contributed by atoms with Crippen molar-refractivity contribution in [3.8, 4) is 0 Å². The van der Waals surface area contributed by atoms with E-state index in [-0.39, 0.29) is 0 Å². The molecule has 0 aromatic rings. The first kappa shape index (κ1) is 31.3. The minimum absolute atomic E-state index is 0.550. The minimum Gasteiger partial charge on any atom is -0.385 e. The van der Waals surface area contributed by atoms with Crippen molar-refractivity contribution in [3.63, 3.8) is 0 Å². The Balaban J connectivity index is 0.00000104. The molecule has 0 atom stereocenters. The van der Waals surface area contributed by atoms with Gasteiger partial charge in [-0.25, -0.2) is 0 Å². The molecule has 2 saturated carbocycles. The highest BCUT2D eigenvalue weighted by Gasteiger charge is 2.30. The Labute approximate surface area is 200 Å². The van der Waals surface area contributed by atoms with Crippen LogP contribution in [0.4, 0.5) is 0 Å². The molecule has 2 aliphatic rings. The zero-order valence-corrected chi connectivity index (χ0v) is 22.1. The van der Waals surface area contributed by atoms with Crippen LogP contribution in [0.25, 0.3) is 0 Å². The summed E-state index contributed by atoms with van der Waals surface area (Å²) in [4.78, 5) is 9.41. The number of aldehydes is 1. The monoisotopic (exact) mass is 453 g/mol. The quantitative estimate of drug-likeness (QED) is 0.197. The largest absolute Gasteiger partial charge is 0.385 e. The number of rotatable bonds is 12. The topological polar surface area (TPSA) is 47.6 Å². The number of hydrogen-bond acceptors (Lipinski definition) is 4. The first-order chi connectivity index (χ1) is 15.5. The summed E-state index contributed by atoms with van der Waals surface area (Å²) in [7, 11) is 5.53. The molecule has 2 fully saturated rings. The van der Waals surface area contributed by atoms with Crippen LogP contribution in [0, 0.1) is 17.8 Å². The third kappa shape index (κ3) is 16.9. The van der Waals surface area contributed by atoms with E-state index >= 15 is 0 Å². The SMILES string of the molecule is C=C(C)C=O.CCCCCC1CCC(C2CCC(OCCCCOC)CC2)CC1.CNC. The molecule has 0 radical (unpaired) electrons. The Kier molecular flexibility index (Phi) is 21.6. The fourth-order valence-corrected chi connectivity index (χ4v) is 4.96. The van der Waals surface area contributed by atoms with Gasteiger partial charge in [-0.2, -0.15) is 0 Å². The third-order valence-corrected chi connectivity index (χ3v) is 6.79. The lowest BCUT2D eigenvalue weighted by Crippen LogP contribution is -2.28. The van der Waals surface area contributed by atoms with Crippen LogP contribution in [-0.4, -0.2) is 46.8 Å². The van der Waals surface area contributed by atoms with E-state index in [0.29, 0.717) is 11.7 Å². The zero-order valence-electron chi connectivity index (χ0n) is 22.1. The van der Waals surface area contributed by atoms with Gasteiger partial charge in [-0.05, 0) is 95.7 Å². The highest BCUT2D eigenvalue weighted by molar-refractivity contribution is 5.70. The molecule has 190 valence electrons. The van der Waals surface area contributed by atoms with Crippen molar-refractivity contribution in [2.75, 3.05) is 34.4 Å². The maximum Gasteiger partial charge on any atom is 0.145 e. The molecule has 0 spiro atoms. The van der Waals surface area contributed by atoms with E-state index in [2.05, 4.69) is 18.8 Å².